The molecule has 0 radical (unpaired) electrons. The van der Waals surface area contributed by atoms with Crippen LogP contribution >= 0.6 is 15.9 Å². The lowest BCUT2D eigenvalue weighted by molar-refractivity contribution is 0.0672. The van der Waals surface area contributed by atoms with Crippen LogP contribution in [0.4, 0.5) is 0 Å². The van der Waals surface area contributed by atoms with Crippen molar-refractivity contribution in [3.8, 4) is 0 Å². The Hall–Kier alpha value is -1.63. The molecule has 2 aromatic heterocycles. The summed E-state index contributed by atoms with van der Waals surface area (Å²) in [6.07, 6.45) is 6.68. The molecule has 1 atom stereocenters. The van der Waals surface area contributed by atoms with Gasteiger partial charge in [-0.3, -0.25) is 4.79 Å². The Morgan fingerprint density at radius 3 is 3.11 bits per heavy atom. The van der Waals surface area contributed by atoms with Crippen molar-refractivity contribution in [2.24, 2.45) is 0 Å². The third-order valence-corrected chi connectivity index (χ3v) is 3.72. The summed E-state index contributed by atoms with van der Waals surface area (Å²) in [5, 5.41) is 4.15. The van der Waals surface area contributed by atoms with Gasteiger partial charge in [-0.25, -0.2) is 9.67 Å². The zero-order valence-electron chi connectivity index (χ0n) is 10.2. The normalized spacial score (nSPS) is 19.6. The van der Waals surface area contributed by atoms with Gasteiger partial charge in [0.1, 0.15) is 18.9 Å². The van der Waals surface area contributed by atoms with Gasteiger partial charge in [0.05, 0.1) is 11.6 Å². The van der Waals surface area contributed by atoms with Crippen molar-refractivity contribution in [1.82, 2.24) is 19.7 Å². The monoisotopic (exact) mass is 324 g/mol. The maximum atomic E-state index is 12.3. The SMILES string of the molecule is O=C(c1coc(Br)c1)N1CCC[C@@H](n2cncn2)C1. The predicted molar refractivity (Wildman–Crippen MR) is 70.6 cm³/mol. The molecule has 0 unspecified atom stereocenters. The molecule has 0 aromatic carbocycles. The maximum absolute atomic E-state index is 12.3. The average molecular weight is 325 g/mol. The van der Waals surface area contributed by atoms with Crippen molar-refractivity contribution >= 4 is 21.8 Å². The fraction of sp³-hybridized carbons (Fsp3) is 0.417. The van der Waals surface area contributed by atoms with Gasteiger partial charge in [-0.05, 0) is 28.8 Å². The molecule has 19 heavy (non-hydrogen) atoms. The summed E-state index contributed by atoms with van der Waals surface area (Å²) in [6.45, 7) is 1.43. The second kappa shape index (κ2) is 5.16. The van der Waals surface area contributed by atoms with E-state index in [2.05, 4.69) is 26.0 Å². The minimum atomic E-state index is -0.000680. The molecule has 100 valence electrons. The molecule has 1 aliphatic rings. The van der Waals surface area contributed by atoms with Gasteiger partial charge in [0.15, 0.2) is 4.67 Å². The highest BCUT2D eigenvalue weighted by Crippen LogP contribution is 2.23. The molecule has 1 amide bonds. The summed E-state index contributed by atoms with van der Waals surface area (Å²) in [5.41, 5.74) is 0.575. The van der Waals surface area contributed by atoms with Crippen LogP contribution in [0, 0.1) is 0 Å². The Kier molecular flexibility index (Phi) is 3.37. The number of hydrogen-bond acceptors (Lipinski definition) is 4. The van der Waals surface area contributed by atoms with E-state index in [4.69, 9.17) is 4.42 Å². The smallest absolute Gasteiger partial charge is 0.257 e. The number of likely N-dealkylation sites (tertiary alicyclic amines) is 1. The lowest BCUT2D eigenvalue weighted by Crippen LogP contribution is -2.40. The standard InChI is InChI=1S/C12H13BrN4O2/c13-11-4-9(6-19-11)12(18)16-3-1-2-10(5-16)17-8-14-7-15-17/h4,6-8,10H,1-3,5H2/t10-/m1/s1. The Morgan fingerprint density at radius 2 is 2.42 bits per heavy atom. The van der Waals surface area contributed by atoms with E-state index in [9.17, 15) is 4.79 Å². The third kappa shape index (κ3) is 2.56. The van der Waals surface area contributed by atoms with E-state index >= 15 is 0 Å². The molecular formula is C12H13BrN4O2. The molecule has 3 heterocycles. The number of furan rings is 1. The van der Waals surface area contributed by atoms with Crippen LogP contribution in [0.25, 0.3) is 0 Å². The van der Waals surface area contributed by atoms with Gasteiger partial charge in [0, 0.05) is 19.2 Å². The van der Waals surface area contributed by atoms with Crippen molar-refractivity contribution in [1.29, 1.82) is 0 Å². The first-order chi connectivity index (χ1) is 9.24. The molecule has 3 rings (SSSR count). The minimum Gasteiger partial charge on any atom is -0.457 e. The average Bonchev–Trinajstić information content (AvgIpc) is 3.09. The lowest BCUT2D eigenvalue weighted by atomic mass is 10.1. The molecule has 0 spiro atoms. The molecule has 1 saturated heterocycles. The zero-order chi connectivity index (χ0) is 13.2. The minimum absolute atomic E-state index is 0.000680. The first-order valence-electron chi connectivity index (χ1n) is 6.11. The van der Waals surface area contributed by atoms with Gasteiger partial charge in [0.25, 0.3) is 5.91 Å². The van der Waals surface area contributed by atoms with E-state index in [1.807, 2.05) is 9.58 Å². The lowest BCUT2D eigenvalue weighted by Gasteiger charge is -2.32. The Balaban J connectivity index is 1.73. The molecular weight excluding hydrogens is 312 g/mol. The number of nitrogens with zero attached hydrogens (tertiary/aromatic N) is 4. The number of carbonyl (C=O) groups excluding carboxylic acids is 1. The second-order valence-corrected chi connectivity index (χ2v) is 5.34. The molecule has 0 saturated carbocycles. The van der Waals surface area contributed by atoms with E-state index in [1.165, 1.54) is 12.6 Å². The van der Waals surface area contributed by atoms with E-state index in [0.29, 0.717) is 16.8 Å². The number of aromatic nitrogens is 3. The van der Waals surface area contributed by atoms with E-state index in [0.717, 1.165) is 19.4 Å². The molecule has 1 aliphatic heterocycles. The number of hydrogen-bond donors (Lipinski definition) is 0. The second-order valence-electron chi connectivity index (χ2n) is 4.56. The van der Waals surface area contributed by atoms with Crippen LogP contribution in [0.1, 0.15) is 29.2 Å². The van der Waals surface area contributed by atoms with Gasteiger partial charge >= 0.3 is 0 Å². The number of rotatable bonds is 2. The van der Waals surface area contributed by atoms with Gasteiger partial charge in [-0.2, -0.15) is 5.10 Å². The Bertz CT molecular complexity index is 566. The third-order valence-electron chi connectivity index (χ3n) is 3.31. The molecule has 0 bridgehead atoms. The quantitative estimate of drug-likeness (QED) is 0.848. The molecule has 1 fully saturated rings. The predicted octanol–water partition coefficient (Wildman–Crippen LogP) is 2.11. The van der Waals surface area contributed by atoms with E-state index in [1.54, 1.807) is 12.4 Å². The van der Waals surface area contributed by atoms with Crippen molar-refractivity contribution in [3.63, 3.8) is 0 Å². The van der Waals surface area contributed by atoms with Crippen LogP contribution < -0.4 is 0 Å². The van der Waals surface area contributed by atoms with Crippen LogP contribution in [-0.2, 0) is 0 Å². The van der Waals surface area contributed by atoms with Crippen molar-refractivity contribution < 1.29 is 9.21 Å². The van der Waals surface area contributed by atoms with E-state index in [-0.39, 0.29) is 11.9 Å². The summed E-state index contributed by atoms with van der Waals surface area (Å²) >= 11 is 3.21. The highest BCUT2D eigenvalue weighted by Gasteiger charge is 2.26. The van der Waals surface area contributed by atoms with Crippen LogP contribution in [0.5, 0.6) is 0 Å². The highest BCUT2D eigenvalue weighted by molar-refractivity contribution is 9.10. The Labute approximate surface area is 118 Å². The molecule has 0 N–H and O–H groups in total. The summed E-state index contributed by atoms with van der Waals surface area (Å²) in [6, 6.07) is 1.90. The van der Waals surface area contributed by atoms with Gasteiger partial charge in [0.2, 0.25) is 0 Å². The van der Waals surface area contributed by atoms with E-state index < -0.39 is 0 Å². The molecule has 2 aromatic rings. The fourth-order valence-electron chi connectivity index (χ4n) is 2.37. The van der Waals surface area contributed by atoms with Crippen LogP contribution in [0.15, 0.2) is 34.1 Å². The summed E-state index contributed by atoms with van der Waals surface area (Å²) in [5.74, 6) is -0.000680. The Morgan fingerprint density at radius 1 is 1.53 bits per heavy atom. The first kappa shape index (κ1) is 12.4. The first-order valence-corrected chi connectivity index (χ1v) is 6.91. The summed E-state index contributed by atoms with van der Waals surface area (Å²) in [4.78, 5) is 18.1. The zero-order valence-corrected chi connectivity index (χ0v) is 11.8. The van der Waals surface area contributed by atoms with Crippen molar-refractivity contribution in [3.05, 3.63) is 35.2 Å². The van der Waals surface area contributed by atoms with Crippen LogP contribution in [0.2, 0.25) is 0 Å². The summed E-state index contributed by atoms with van der Waals surface area (Å²) < 4.78 is 7.51. The number of halogens is 1. The molecule has 0 aliphatic carbocycles. The van der Waals surface area contributed by atoms with Gasteiger partial charge < -0.3 is 9.32 Å². The fourth-order valence-corrected chi connectivity index (χ4v) is 2.71. The molecule has 7 heteroatoms. The largest absolute Gasteiger partial charge is 0.457 e. The topological polar surface area (TPSA) is 64.2 Å². The van der Waals surface area contributed by atoms with Crippen molar-refractivity contribution in [2.75, 3.05) is 13.1 Å². The van der Waals surface area contributed by atoms with Gasteiger partial charge in [-0.15, -0.1) is 0 Å². The van der Waals surface area contributed by atoms with Crippen LogP contribution in [-0.4, -0.2) is 38.7 Å². The number of carbonyl (C=O) groups is 1. The van der Waals surface area contributed by atoms with Crippen molar-refractivity contribution in [2.45, 2.75) is 18.9 Å². The number of piperidine rings is 1. The molecule has 6 nitrogen and oxygen atoms in total. The maximum Gasteiger partial charge on any atom is 0.257 e. The van der Waals surface area contributed by atoms with Crippen LogP contribution in [0.3, 0.4) is 0 Å². The summed E-state index contributed by atoms with van der Waals surface area (Å²) in [7, 11) is 0. The number of amides is 1. The highest BCUT2D eigenvalue weighted by atomic mass is 79.9. The van der Waals surface area contributed by atoms with Gasteiger partial charge in [-0.1, -0.05) is 0 Å².